The van der Waals surface area contributed by atoms with E-state index in [0.717, 1.165) is 12.1 Å². The lowest BCUT2D eigenvalue weighted by molar-refractivity contribution is -0.274. The molecule has 2 N–H and O–H groups in total. The minimum Gasteiger partial charge on any atom is -0.480 e. The average molecular weight is 303 g/mol. The Labute approximate surface area is 117 Å². The number of alkyl halides is 3. The Kier molecular flexibility index (Phi) is 3.80. The standard InChI is InChI=1S/C13H12F3NO4/c14-13(15,16)21-9-4-1-3-8(7-9)10(18)17-12(11(19)20)5-2-6-12/h1,3-4,7H,2,5-6H2,(H,17,18)(H,19,20). The Morgan fingerprint density at radius 3 is 2.43 bits per heavy atom. The van der Waals surface area contributed by atoms with Crippen LogP contribution < -0.4 is 10.1 Å². The highest BCUT2D eigenvalue weighted by Gasteiger charge is 2.45. The second-order valence-corrected chi connectivity index (χ2v) is 4.77. The third-order valence-electron chi connectivity index (χ3n) is 3.30. The maximum atomic E-state index is 12.1. The fraction of sp³-hybridized carbons (Fsp3) is 0.385. The first-order valence-electron chi connectivity index (χ1n) is 6.14. The van der Waals surface area contributed by atoms with E-state index in [0.29, 0.717) is 19.3 Å². The molecule has 8 heteroatoms. The molecule has 2 rings (SSSR count). The number of carboxylic acids is 1. The molecule has 0 aromatic heterocycles. The molecule has 1 aromatic carbocycles. The van der Waals surface area contributed by atoms with Crippen LogP contribution in [0.5, 0.6) is 5.75 Å². The predicted molar refractivity (Wildman–Crippen MR) is 64.8 cm³/mol. The highest BCUT2D eigenvalue weighted by molar-refractivity contribution is 5.98. The van der Waals surface area contributed by atoms with Gasteiger partial charge < -0.3 is 15.2 Å². The van der Waals surface area contributed by atoms with E-state index in [1.54, 1.807) is 0 Å². The number of aliphatic carboxylic acids is 1. The summed E-state index contributed by atoms with van der Waals surface area (Å²) in [5.41, 5.74) is -1.41. The lowest BCUT2D eigenvalue weighted by Crippen LogP contribution is -2.59. The van der Waals surface area contributed by atoms with Gasteiger partial charge in [-0.15, -0.1) is 13.2 Å². The molecule has 0 atom stereocenters. The van der Waals surface area contributed by atoms with E-state index >= 15 is 0 Å². The normalized spacial score (nSPS) is 16.7. The molecule has 1 saturated carbocycles. The zero-order valence-electron chi connectivity index (χ0n) is 10.7. The number of benzene rings is 1. The number of hydrogen-bond acceptors (Lipinski definition) is 3. The van der Waals surface area contributed by atoms with Crippen molar-refractivity contribution >= 4 is 11.9 Å². The maximum Gasteiger partial charge on any atom is 0.573 e. The second kappa shape index (κ2) is 5.27. The number of ether oxygens (including phenoxy) is 1. The van der Waals surface area contributed by atoms with Crippen molar-refractivity contribution in [3.63, 3.8) is 0 Å². The summed E-state index contributed by atoms with van der Waals surface area (Å²) in [5.74, 6) is -2.43. The summed E-state index contributed by atoms with van der Waals surface area (Å²) in [4.78, 5) is 23.1. The molecular formula is C13H12F3NO4. The van der Waals surface area contributed by atoms with Gasteiger partial charge in [0.05, 0.1) is 0 Å². The van der Waals surface area contributed by atoms with Crippen LogP contribution in [-0.2, 0) is 4.79 Å². The van der Waals surface area contributed by atoms with Gasteiger partial charge in [-0.3, -0.25) is 4.79 Å². The van der Waals surface area contributed by atoms with Crippen LogP contribution in [-0.4, -0.2) is 28.9 Å². The smallest absolute Gasteiger partial charge is 0.480 e. The lowest BCUT2D eigenvalue weighted by atomic mass is 9.76. The fourth-order valence-corrected chi connectivity index (χ4v) is 2.05. The lowest BCUT2D eigenvalue weighted by Gasteiger charge is -2.38. The van der Waals surface area contributed by atoms with Crippen LogP contribution in [0.25, 0.3) is 0 Å². The summed E-state index contributed by atoms with van der Waals surface area (Å²) >= 11 is 0. The summed E-state index contributed by atoms with van der Waals surface area (Å²) in [7, 11) is 0. The third-order valence-corrected chi connectivity index (χ3v) is 3.30. The van der Waals surface area contributed by atoms with Gasteiger partial charge in [-0.05, 0) is 37.5 Å². The predicted octanol–water partition coefficient (Wildman–Crippen LogP) is 2.32. The molecule has 1 amide bonds. The number of halogens is 3. The Hall–Kier alpha value is -2.25. The fourth-order valence-electron chi connectivity index (χ4n) is 2.05. The highest BCUT2D eigenvalue weighted by atomic mass is 19.4. The minimum atomic E-state index is -4.86. The molecular weight excluding hydrogens is 291 g/mol. The molecule has 5 nitrogen and oxygen atoms in total. The van der Waals surface area contributed by atoms with Crippen LogP contribution in [0.4, 0.5) is 13.2 Å². The zero-order chi connectivity index (χ0) is 15.7. The first-order valence-corrected chi connectivity index (χ1v) is 6.14. The van der Waals surface area contributed by atoms with Crippen LogP contribution in [0.15, 0.2) is 24.3 Å². The van der Waals surface area contributed by atoms with Crippen molar-refractivity contribution in [1.29, 1.82) is 0 Å². The second-order valence-electron chi connectivity index (χ2n) is 4.77. The summed E-state index contributed by atoms with van der Waals surface area (Å²) in [5, 5.41) is 11.5. The molecule has 0 unspecified atom stereocenters. The zero-order valence-corrected chi connectivity index (χ0v) is 10.7. The van der Waals surface area contributed by atoms with Gasteiger partial charge in [0.1, 0.15) is 11.3 Å². The number of hydrogen-bond donors (Lipinski definition) is 2. The van der Waals surface area contributed by atoms with Crippen molar-refractivity contribution in [2.45, 2.75) is 31.2 Å². The maximum absolute atomic E-state index is 12.1. The number of amides is 1. The molecule has 0 aliphatic heterocycles. The van der Waals surface area contributed by atoms with Gasteiger partial charge in [0.15, 0.2) is 0 Å². The Morgan fingerprint density at radius 1 is 1.29 bits per heavy atom. The van der Waals surface area contributed by atoms with E-state index in [9.17, 15) is 22.8 Å². The first kappa shape index (κ1) is 15.1. The van der Waals surface area contributed by atoms with Crippen LogP contribution in [0.2, 0.25) is 0 Å². The molecule has 1 aliphatic carbocycles. The molecule has 1 aromatic rings. The number of carboxylic acid groups (broad SMARTS) is 1. The Morgan fingerprint density at radius 2 is 1.95 bits per heavy atom. The average Bonchev–Trinajstić information content (AvgIpc) is 2.31. The van der Waals surface area contributed by atoms with Crippen LogP contribution >= 0.6 is 0 Å². The van der Waals surface area contributed by atoms with E-state index in [4.69, 9.17) is 5.11 Å². The van der Waals surface area contributed by atoms with Gasteiger partial charge in [0, 0.05) is 5.56 Å². The van der Waals surface area contributed by atoms with Gasteiger partial charge in [-0.1, -0.05) is 6.07 Å². The van der Waals surface area contributed by atoms with Crippen molar-refractivity contribution in [3.8, 4) is 5.75 Å². The topological polar surface area (TPSA) is 75.6 Å². The van der Waals surface area contributed by atoms with E-state index in [2.05, 4.69) is 10.1 Å². The monoisotopic (exact) mass is 303 g/mol. The van der Waals surface area contributed by atoms with Crippen molar-refractivity contribution in [2.24, 2.45) is 0 Å². The minimum absolute atomic E-state index is 0.0933. The molecule has 0 spiro atoms. The third kappa shape index (κ3) is 3.45. The summed E-state index contributed by atoms with van der Waals surface area (Å²) < 4.78 is 40.1. The van der Waals surface area contributed by atoms with Crippen LogP contribution in [0, 0.1) is 0 Å². The number of nitrogens with one attached hydrogen (secondary N) is 1. The number of carbonyl (C=O) groups excluding carboxylic acids is 1. The molecule has 0 saturated heterocycles. The largest absolute Gasteiger partial charge is 0.573 e. The van der Waals surface area contributed by atoms with E-state index in [-0.39, 0.29) is 5.56 Å². The van der Waals surface area contributed by atoms with Crippen molar-refractivity contribution in [3.05, 3.63) is 29.8 Å². The van der Waals surface area contributed by atoms with Crippen LogP contribution in [0.1, 0.15) is 29.6 Å². The van der Waals surface area contributed by atoms with Gasteiger partial charge in [-0.25, -0.2) is 4.79 Å². The molecule has 1 aliphatic rings. The number of carbonyl (C=O) groups is 2. The van der Waals surface area contributed by atoms with E-state index < -0.39 is 29.5 Å². The van der Waals surface area contributed by atoms with Gasteiger partial charge >= 0.3 is 12.3 Å². The first-order chi connectivity index (χ1) is 9.72. The van der Waals surface area contributed by atoms with Crippen molar-refractivity contribution in [2.75, 3.05) is 0 Å². The summed E-state index contributed by atoms with van der Waals surface area (Å²) in [6.07, 6.45) is -3.59. The van der Waals surface area contributed by atoms with Gasteiger partial charge in [0.25, 0.3) is 5.91 Å². The highest BCUT2D eigenvalue weighted by Crippen LogP contribution is 2.32. The van der Waals surface area contributed by atoms with Crippen LogP contribution in [0.3, 0.4) is 0 Å². The molecule has 114 valence electrons. The van der Waals surface area contributed by atoms with Crippen molar-refractivity contribution in [1.82, 2.24) is 5.32 Å². The van der Waals surface area contributed by atoms with E-state index in [1.807, 2.05) is 0 Å². The Bertz CT molecular complexity index is 567. The molecule has 0 bridgehead atoms. The molecule has 0 radical (unpaired) electrons. The number of rotatable bonds is 4. The van der Waals surface area contributed by atoms with E-state index in [1.165, 1.54) is 12.1 Å². The van der Waals surface area contributed by atoms with Crippen molar-refractivity contribution < 1.29 is 32.6 Å². The van der Waals surface area contributed by atoms with Gasteiger partial charge in [-0.2, -0.15) is 0 Å². The van der Waals surface area contributed by atoms with Gasteiger partial charge in [0.2, 0.25) is 0 Å². The SMILES string of the molecule is O=C(NC1(C(=O)O)CCC1)c1cccc(OC(F)(F)F)c1. The summed E-state index contributed by atoms with van der Waals surface area (Å²) in [6.45, 7) is 0. The summed E-state index contributed by atoms with van der Waals surface area (Å²) in [6, 6.07) is 4.48. The molecule has 0 heterocycles. The molecule has 21 heavy (non-hydrogen) atoms. The Balaban J connectivity index is 2.13. The quantitative estimate of drug-likeness (QED) is 0.895. The molecule has 1 fully saturated rings.